The van der Waals surface area contributed by atoms with Crippen LogP contribution >= 0.6 is 0 Å². The van der Waals surface area contributed by atoms with Crippen molar-refractivity contribution in [2.24, 2.45) is 5.92 Å². The van der Waals surface area contributed by atoms with Crippen LogP contribution in [0.4, 0.5) is 9.18 Å². The van der Waals surface area contributed by atoms with E-state index in [1.165, 1.54) is 22.3 Å². The molecule has 0 atom stereocenters. The van der Waals surface area contributed by atoms with Crippen molar-refractivity contribution in [3.05, 3.63) is 71.0 Å². The van der Waals surface area contributed by atoms with Crippen molar-refractivity contribution in [2.75, 3.05) is 13.2 Å². The topological polar surface area (TPSA) is 56.8 Å². The van der Waals surface area contributed by atoms with Crippen LogP contribution in [0.5, 0.6) is 0 Å². The number of alkyl carbamates (subject to hydrolysis) is 1. The molecule has 7 heteroatoms. The molecule has 0 radical (unpaired) electrons. The van der Waals surface area contributed by atoms with E-state index in [2.05, 4.69) is 29.6 Å². The van der Waals surface area contributed by atoms with Crippen LogP contribution in [0.25, 0.3) is 11.1 Å². The summed E-state index contributed by atoms with van der Waals surface area (Å²) in [5.74, 6) is 0.387. The fraction of sp³-hybridized carbons (Fsp3) is 0.464. The maximum atomic E-state index is 14.9. The summed E-state index contributed by atoms with van der Waals surface area (Å²) in [6.07, 6.45) is 1.71. The molecular formula is C28H33BFNO4. The van der Waals surface area contributed by atoms with Crippen molar-refractivity contribution in [1.82, 2.24) is 5.32 Å². The summed E-state index contributed by atoms with van der Waals surface area (Å²) >= 11 is 0. The predicted molar refractivity (Wildman–Crippen MR) is 135 cm³/mol. The Hall–Kier alpha value is -2.64. The first-order valence-electron chi connectivity index (χ1n) is 12.5. The summed E-state index contributed by atoms with van der Waals surface area (Å²) in [4.78, 5) is 12.3. The van der Waals surface area contributed by atoms with Crippen molar-refractivity contribution in [3.63, 3.8) is 0 Å². The van der Waals surface area contributed by atoms with Crippen molar-refractivity contribution < 1.29 is 23.2 Å². The maximum Gasteiger partial charge on any atom is 0.525 e. The van der Waals surface area contributed by atoms with E-state index in [1.807, 2.05) is 52.0 Å². The number of halogens is 1. The van der Waals surface area contributed by atoms with Crippen LogP contribution in [0, 0.1) is 5.92 Å². The first-order valence-corrected chi connectivity index (χ1v) is 12.5. The molecule has 2 aromatic rings. The SMILES string of the molecule is CC1(C)OB(C(F)=C2CC(CCNC(=O)OCC3c4ccccc4-c4ccccc43)C2)OC1(C)C. The summed E-state index contributed by atoms with van der Waals surface area (Å²) < 4.78 is 32.1. The van der Waals surface area contributed by atoms with Gasteiger partial charge in [0.2, 0.25) is 0 Å². The van der Waals surface area contributed by atoms with Crippen LogP contribution in [0.15, 0.2) is 59.8 Å². The molecule has 1 amide bonds. The third-order valence-electron chi connectivity index (χ3n) is 8.03. The van der Waals surface area contributed by atoms with E-state index in [4.69, 9.17) is 14.0 Å². The smallest absolute Gasteiger partial charge is 0.449 e. The lowest BCUT2D eigenvalue weighted by Crippen LogP contribution is -2.41. The van der Waals surface area contributed by atoms with Crippen LogP contribution < -0.4 is 5.32 Å². The van der Waals surface area contributed by atoms with Gasteiger partial charge in [-0.15, -0.1) is 0 Å². The van der Waals surface area contributed by atoms with Gasteiger partial charge in [-0.3, -0.25) is 0 Å². The standard InChI is InChI=1S/C28H33BFNO4/c1-27(2)28(3,4)35-29(34-27)25(30)19-15-18(16-19)13-14-31-26(32)33-17-24-22-11-7-5-9-20(22)21-10-6-8-12-23(21)24/h5-12,18,24H,13-17H2,1-4H3,(H,31,32). The molecule has 1 saturated carbocycles. The summed E-state index contributed by atoms with van der Waals surface area (Å²) in [5.41, 5.74) is 4.17. The van der Waals surface area contributed by atoms with Gasteiger partial charge in [0, 0.05) is 12.5 Å². The number of carbonyl (C=O) groups excluding carboxylic acids is 1. The van der Waals surface area contributed by atoms with E-state index in [1.54, 1.807) is 0 Å². The van der Waals surface area contributed by atoms with Crippen LogP contribution in [-0.2, 0) is 14.0 Å². The molecule has 35 heavy (non-hydrogen) atoms. The van der Waals surface area contributed by atoms with Gasteiger partial charge in [0.15, 0.2) is 0 Å². The van der Waals surface area contributed by atoms with Gasteiger partial charge in [-0.05, 0) is 80.7 Å². The highest BCUT2D eigenvalue weighted by molar-refractivity contribution is 6.53. The molecular weight excluding hydrogens is 444 g/mol. The number of benzene rings is 2. The zero-order valence-corrected chi connectivity index (χ0v) is 20.9. The van der Waals surface area contributed by atoms with Gasteiger partial charge in [0.1, 0.15) is 12.3 Å². The third-order valence-corrected chi connectivity index (χ3v) is 8.03. The molecule has 0 aromatic heterocycles. The molecule has 2 aromatic carbocycles. The first-order chi connectivity index (χ1) is 16.7. The highest BCUT2D eigenvalue weighted by Crippen LogP contribution is 2.45. The lowest BCUT2D eigenvalue weighted by Gasteiger charge is -2.32. The maximum absolute atomic E-state index is 14.9. The zero-order valence-electron chi connectivity index (χ0n) is 20.9. The normalized spacial score (nSPS) is 21.8. The van der Waals surface area contributed by atoms with Gasteiger partial charge in [0.25, 0.3) is 0 Å². The Morgan fingerprint density at radius 3 is 2.11 bits per heavy atom. The Balaban J connectivity index is 1.07. The number of carbonyl (C=O) groups is 1. The van der Waals surface area contributed by atoms with Gasteiger partial charge in [-0.25, -0.2) is 9.18 Å². The quantitative estimate of drug-likeness (QED) is 0.505. The summed E-state index contributed by atoms with van der Waals surface area (Å²) in [6, 6.07) is 16.6. The Labute approximate surface area is 207 Å². The van der Waals surface area contributed by atoms with Crippen LogP contribution in [0.1, 0.15) is 64.0 Å². The van der Waals surface area contributed by atoms with E-state index in [0.717, 1.165) is 12.0 Å². The Morgan fingerprint density at radius 2 is 1.54 bits per heavy atom. The first kappa shape index (κ1) is 24.1. The molecule has 0 unspecified atom stereocenters. The number of hydrogen-bond donors (Lipinski definition) is 1. The molecule has 1 heterocycles. The van der Waals surface area contributed by atoms with Gasteiger partial charge in [0.05, 0.1) is 11.2 Å². The van der Waals surface area contributed by atoms with Crippen LogP contribution in [0.3, 0.4) is 0 Å². The van der Waals surface area contributed by atoms with Gasteiger partial charge in [-0.2, -0.15) is 0 Å². The molecule has 1 N–H and O–H groups in total. The fourth-order valence-corrected chi connectivity index (χ4v) is 5.18. The summed E-state index contributed by atoms with van der Waals surface area (Å²) in [7, 11) is -0.921. The van der Waals surface area contributed by atoms with E-state index in [-0.39, 0.29) is 11.6 Å². The van der Waals surface area contributed by atoms with E-state index >= 15 is 0 Å². The highest BCUT2D eigenvalue weighted by atomic mass is 19.1. The predicted octanol–water partition coefficient (Wildman–Crippen LogP) is 6.18. The number of rotatable bonds is 6. The van der Waals surface area contributed by atoms with Crippen molar-refractivity contribution in [3.8, 4) is 11.1 Å². The molecule has 3 aliphatic rings. The number of ether oxygens (including phenoxy) is 1. The Morgan fingerprint density at radius 1 is 1.00 bits per heavy atom. The van der Waals surface area contributed by atoms with Crippen molar-refractivity contribution in [1.29, 1.82) is 0 Å². The van der Waals surface area contributed by atoms with Crippen LogP contribution in [0.2, 0.25) is 0 Å². The van der Waals surface area contributed by atoms with Gasteiger partial charge < -0.3 is 19.4 Å². The van der Waals surface area contributed by atoms with Crippen LogP contribution in [-0.4, -0.2) is 37.6 Å². The minimum Gasteiger partial charge on any atom is -0.449 e. The highest BCUT2D eigenvalue weighted by Gasteiger charge is 2.54. The summed E-state index contributed by atoms with van der Waals surface area (Å²) in [6.45, 7) is 8.49. The molecule has 1 saturated heterocycles. The molecule has 5 nitrogen and oxygen atoms in total. The lowest BCUT2D eigenvalue weighted by atomic mass is 9.71. The van der Waals surface area contributed by atoms with Gasteiger partial charge >= 0.3 is 13.2 Å². The second kappa shape index (κ2) is 9.10. The average molecular weight is 477 g/mol. The molecule has 184 valence electrons. The molecule has 0 spiro atoms. The Bertz CT molecular complexity index is 1090. The minimum absolute atomic E-state index is 0.0467. The number of fused-ring (bicyclic) bond motifs is 3. The number of nitrogens with one attached hydrogen (secondary N) is 1. The second-order valence-electron chi connectivity index (χ2n) is 10.9. The second-order valence-corrected chi connectivity index (χ2v) is 10.9. The monoisotopic (exact) mass is 477 g/mol. The van der Waals surface area contributed by atoms with E-state index in [0.29, 0.717) is 31.9 Å². The van der Waals surface area contributed by atoms with Gasteiger partial charge in [-0.1, -0.05) is 48.5 Å². The molecule has 1 aliphatic heterocycles. The number of hydrogen-bond acceptors (Lipinski definition) is 4. The molecule has 5 rings (SSSR count). The summed E-state index contributed by atoms with van der Waals surface area (Å²) in [5, 5.41) is 2.85. The van der Waals surface area contributed by atoms with Crippen molar-refractivity contribution in [2.45, 2.75) is 64.1 Å². The fourth-order valence-electron chi connectivity index (χ4n) is 5.18. The zero-order chi connectivity index (χ0) is 24.8. The van der Waals surface area contributed by atoms with Crippen molar-refractivity contribution >= 4 is 13.2 Å². The minimum atomic E-state index is -0.921. The largest absolute Gasteiger partial charge is 0.525 e. The third kappa shape index (κ3) is 4.52. The number of amides is 1. The van der Waals surface area contributed by atoms with E-state index < -0.39 is 24.4 Å². The Kier molecular flexibility index (Phi) is 6.26. The number of allylic oxidation sites excluding steroid dienone is 1. The average Bonchev–Trinajstić information content (AvgIpc) is 3.23. The molecule has 2 aliphatic carbocycles. The molecule has 2 fully saturated rings. The molecule has 0 bridgehead atoms. The lowest BCUT2D eigenvalue weighted by molar-refractivity contribution is 0.00578. The van der Waals surface area contributed by atoms with E-state index in [9.17, 15) is 9.18 Å².